The van der Waals surface area contributed by atoms with Gasteiger partial charge in [-0.3, -0.25) is 9.78 Å². The van der Waals surface area contributed by atoms with E-state index in [9.17, 15) is 18.0 Å². The number of nitriles is 1. The van der Waals surface area contributed by atoms with E-state index in [1.807, 2.05) is 0 Å². The molecule has 0 aliphatic heterocycles. The third kappa shape index (κ3) is 3.20. The predicted octanol–water partition coefficient (Wildman–Crippen LogP) is 2.08. The van der Waals surface area contributed by atoms with Crippen molar-refractivity contribution in [3.8, 4) is 6.07 Å². The second kappa shape index (κ2) is 5.49. The van der Waals surface area contributed by atoms with Gasteiger partial charge in [-0.2, -0.15) is 18.4 Å². The second-order valence-electron chi connectivity index (χ2n) is 3.31. The monoisotopic (exact) mass is 258 g/mol. The number of hydrogen-bond donors (Lipinski definition) is 0. The van der Waals surface area contributed by atoms with Crippen LogP contribution >= 0.6 is 0 Å². The summed E-state index contributed by atoms with van der Waals surface area (Å²) in [4.78, 5) is 14.6. The molecule has 0 unspecified atom stereocenters. The van der Waals surface area contributed by atoms with Crippen molar-refractivity contribution in [1.29, 1.82) is 5.26 Å². The van der Waals surface area contributed by atoms with Crippen LogP contribution in [0.25, 0.3) is 0 Å². The number of aromatic nitrogens is 1. The molecule has 1 aromatic heterocycles. The largest absolute Gasteiger partial charge is 0.466 e. The normalized spacial score (nSPS) is 10.8. The summed E-state index contributed by atoms with van der Waals surface area (Å²) in [5.41, 5.74) is -1.83. The van der Waals surface area contributed by atoms with Gasteiger partial charge in [0.25, 0.3) is 0 Å². The maximum atomic E-state index is 12.6. The van der Waals surface area contributed by atoms with Crippen molar-refractivity contribution in [3.63, 3.8) is 0 Å². The van der Waals surface area contributed by atoms with Crippen LogP contribution in [0.2, 0.25) is 0 Å². The Hall–Kier alpha value is -2.10. The zero-order valence-corrected chi connectivity index (χ0v) is 9.41. The SMILES string of the molecule is CCOC(=O)Cc1cncc(C(F)(F)F)c1C#N. The van der Waals surface area contributed by atoms with E-state index in [2.05, 4.69) is 9.72 Å². The molecule has 0 atom stereocenters. The number of alkyl halides is 3. The molecule has 0 spiro atoms. The molecule has 0 fully saturated rings. The van der Waals surface area contributed by atoms with E-state index in [0.717, 1.165) is 6.20 Å². The summed E-state index contributed by atoms with van der Waals surface area (Å²) in [7, 11) is 0. The number of pyridine rings is 1. The van der Waals surface area contributed by atoms with E-state index in [1.165, 1.54) is 6.07 Å². The van der Waals surface area contributed by atoms with Crippen LogP contribution in [0.3, 0.4) is 0 Å². The van der Waals surface area contributed by atoms with Gasteiger partial charge in [0, 0.05) is 12.4 Å². The van der Waals surface area contributed by atoms with E-state index in [1.54, 1.807) is 6.92 Å². The molecule has 0 saturated heterocycles. The Morgan fingerprint density at radius 1 is 1.50 bits per heavy atom. The first-order chi connectivity index (χ1) is 8.40. The number of carbonyl (C=O) groups is 1. The Balaban J connectivity index is 3.15. The summed E-state index contributed by atoms with van der Waals surface area (Å²) < 4.78 is 42.4. The third-order valence-corrected chi connectivity index (χ3v) is 2.08. The first-order valence-electron chi connectivity index (χ1n) is 5.00. The molecule has 7 heteroatoms. The second-order valence-corrected chi connectivity index (χ2v) is 3.31. The lowest BCUT2D eigenvalue weighted by Crippen LogP contribution is -2.14. The topological polar surface area (TPSA) is 63.0 Å². The lowest BCUT2D eigenvalue weighted by molar-refractivity contribution is -0.143. The van der Waals surface area contributed by atoms with Crippen molar-refractivity contribution in [2.75, 3.05) is 6.61 Å². The minimum Gasteiger partial charge on any atom is -0.466 e. The van der Waals surface area contributed by atoms with Crippen LogP contribution in [-0.2, 0) is 22.1 Å². The summed E-state index contributed by atoms with van der Waals surface area (Å²) in [6, 6.07) is 1.45. The molecule has 4 nitrogen and oxygen atoms in total. The highest BCUT2D eigenvalue weighted by Gasteiger charge is 2.35. The Bertz CT molecular complexity index is 492. The van der Waals surface area contributed by atoms with Crippen molar-refractivity contribution in [1.82, 2.24) is 4.98 Å². The number of nitrogens with zero attached hydrogens (tertiary/aromatic N) is 2. The Kier molecular flexibility index (Phi) is 4.26. The Labute approximate surface area is 101 Å². The fraction of sp³-hybridized carbons (Fsp3) is 0.364. The number of esters is 1. The van der Waals surface area contributed by atoms with Gasteiger partial charge >= 0.3 is 12.1 Å². The maximum absolute atomic E-state index is 12.6. The van der Waals surface area contributed by atoms with Crippen LogP contribution in [0.1, 0.15) is 23.6 Å². The molecule has 1 heterocycles. The molecule has 0 bridgehead atoms. The lowest BCUT2D eigenvalue weighted by Gasteiger charge is -2.10. The van der Waals surface area contributed by atoms with Gasteiger partial charge in [0.05, 0.1) is 24.2 Å². The Morgan fingerprint density at radius 2 is 2.17 bits per heavy atom. The van der Waals surface area contributed by atoms with Gasteiger partial charge in [0.1, 0.15) is 6.07 Å². The zero-order valence-electron chi connectivity index (χ0n) is 9.41. The number of carbonyl (C=O) groups excluding carboxylic acids is 1. The molecule has 0 N–H and O–H groups in total. The minimum atomic E-state index is -4.68. The van der Waals surface area contributed by atoms with Gasteiger partial charge < -0.3 is 4.74 Å². The van der Waals surface area contributed by atoms with Gasteiger partial charge in [-0.1, -0.05) is 0 Å². The number of rotatable bonds is 3. The molecule has 0 aliphatic carbocycles. The number of halogens is 3. The van der Waals surface area contributed by atoms with Crippen molar-refractivity contribution >= 4 is 5.97 Å². The molecule has 0 amide bonds. The van der Waals surface area contributed by atoms with Crippen molar-refractivity contribution in [3.05, 3.63) is 29.1 Å². The summed E-state index contributed by atoms with van der Waals surface area (Å²) >= 11 is 0. The molecule has 0 aliphatic rings. The van der Waals surface area contributed by atoms with Crippen LogP contribution in [0, 0.1) is 11.3 Å². The molecule has 96 valence electrons. The molecule has 0 aromatic carbocycles. The molecule has 1 rings (SSSR count). The zero-order chi connectivity index (χ0) is 13.8. The molecule has 1 aromatic rings. The van der Waals surface area contributed by atoms with E-state index in [4.69, 9.17) is 5.26 Å². The summed E-state index contributed by atoms with van der Waals surface area (Å²) in [6.45, 7) is 1.70. The van der Waals surface area contributed by atoms with Crippen LogP contribution in [0.5, 0.6) is 0 Å². The van der Waals surface area contributed by atoms with Crippen LogP contribution < -0.4 is 0 Å². The lowest BCUT2D eigenvalue weighted by atomic mass is 10.0. The highest BCUT2D eigenvalue weighted by molar-refractivity contribution is 5.73. The summed E-state index contributed by atoms with van der Waals surface area (Å²) in [5.74, 6) is -0.699. The van der Waals surface area contributed by atoms with Gasteiger partial charge in [0.15, 0.2) is 0 Å². The van der Waals surface area contributed by atoms with Gasteiger partial charge in [0.2, 0.25) is 0 Å². The number of ether oxygens (including phenoxy) is 1. The van der Waals surface area contributed by atoms with E-state index in [0.29, 0.717) is 6.20 Å². The van der Waals surface area contributed by atoms with Crippen LogP contribution in [0.15, 0.2) is 12.4 Å². The highest BCUT2D eigenvalue weighted by Crippen LogP contribution is 2.32. The minimum absolute atomic E-state index is 0.0919. The standard InChI is InChI=1S/C11H9F3N2O2/c1-2-18-10(17)3-7-5-16-6-9(8(7)4-15)11(12,13)14/h5-6H,2-3H2,1H3. The first-order valence-corrected chi connectivity index (χ1v) is 5.00. The molecule has 0 radical (unpaired) electrons. The summed E-state index contributed by atoms with van der Waals surface area (Å²) in [5, 5.41) is 8.78. The fourth-order valence-corrected chi connectivity index (χ4v) is 1.35. The average molecular weight is 258 g/mol. The molecular formula is C11H9F3N2O2. The third-order valence-electron chi connectivity index (χ3n) is 2.08. The van der Waals surface area contributed by atoms with Crippen LogP contribution in [0.4, 0.5) is 13.2 Å². The van der Waals surface area contributed by atoms with Gasteiger partial charge in [-0.25, -0.2) is 0 Å². The predicted molar refractivity (Wildman–Crippen MR) is 54.3 cm³/mol. The molecular weight excluding hydrogens is 249 g/mol. The molecule has 18 heavy (non-hydrogen) atoms. The van der Waals surface area contributed by atoms with Crippen molar-refractivity contribution in [2.45, 2.75) is 19.5 Å². The van der Waals surface area contributed by atoms with E-state index >= 15 is 0 Å². The summed E-state index contributed by atoms with van der Waals surface area (Å²) in [6.07, 6.45) is -3.46. The Morgan fingerprint density at radius 3 is 2.67 bits per heavy atom. The van der Waals surface area contributed by atoms with E-state index < -0.39 is 29.7 Å². The van der Waals surface area contributed by atoms with Gasteiger partial charge in [-0.05, 0) is 12.5 Å². The molecule has 0 saturated carbocycles. The van der Waals surface area contributed by atoms with E-state index in [-0.39, 0.29) is 12.2 Å². The van der Waals surface area contributed by atoms with Gasteiger partial charge in [-0.15, -0.1) is 0 Å². The smallest absolute Gasteiger partial charge is 0.419 e. The van der Waals surface area contributed by atoms with Crippen LogP contribution in [-0.4, -0.2) is 17.6 Å². The quantitative estimate of drug-likeness (QED) is 0.778. The average Bonchev–Trinajstić information content (AvgIpc) is 2.27. The fourth-order valence-electron chi connectivity index (χ4n) is 1.35. The number of hydrogen-bond acceptors (Lipinski definition) is 4. The maximum Gasteiger partial charge on any atom is 0.419 e. The highest BCUT2D eigenvalue weighted by atomic mass is 19.4. The first kappa shape index (κ1) is 14.0. The van der Waals surface area contributed by atoms with Crippen molar-refractivity contribution in [2.24, 2.45) is 0 Å². The van der Waals surface area contributed by atoms with Crippen molar-refractivity contribution < 1.29 is 22.7 Å².